The van der Waals surface area contributed by atoms with Crippen LogP contribution in [0.5, 0.6) is 0 Å². The van der Waals surface area contributed by atoms with Crippen molar-refractivity contribution < 1.29 is 4.79 Å². The van der Waals surface area contributed by atoms with E-state index in [1.54, 1.807) is 6.33 Å². The minimum absolute atomic E-state index is 0.138. The molecular formula is C18H24N4OS. The fraction of sp³-hybridized carbons (Fsp3) is 0.500. The predicted molar refractivity (Wildman–Crippen MR) is 95.9 cm³/mol. The van der Waals surface area contributed by atoms with Crippen molar-refractivity contribution in [2.45, 2.75) is 42.5 Å². The van der Waals surface area contributed by atoms with Crippen LogP contribution in [-0.4, -0.2) is 43.9 Å². The number of thioether (sulfide) groups is 1. The number of rotatable bonds is 4. The molecule has 0 aliphatic carbocycles. The highest BCUT2D eigenvalue weighted by atomic mass is 32.2. The standard InChI is InChI=1S/C18H24N4OS/c1-14(24-18-20-19-13-21(18)2)17(23)22-11-6-9-16(10-12-22)15-7-4-3-5-8-15/h3-5,7-8,13-14,16H,6,9-12H2,1-2H3/t14-,16+/m1/s1. The number of benzene rings is 1. The van der Waals surface area contributed by atoms with Crippen LogP contribution in [0.25, 0.3) is 0 Å². The zero-order chi connectivity index (χ0) is 16.9. The second kappa shape index (κ2) is 7.83. The summed E-state index contributed by atoms with van der Waals surface area (Å²) < 4.78 is 1.85. The zero-order valence-electron chi connectivity index (χ0n) is 14.3. The van der Waals surface area contributed by atoms with Crippen LogP contribution in [0.1, 0.15) is 37.7 Å². The Kier molecular flexibility index (Phi) is 5.56. The molecule has 0 radical (unpaired) electrons. The van der Waals surface area contributed by atoms with Crippen LogP contribution in [-0.2, 0) is 11.8 Å². The highest BCUT2D eigenvalue weighted by Gasteiger charge is 2.26. The zero-order valence-corrected chi connectivity index (χ0v) is 15.1. The van der Waals surface area contributed by atoms with Crippen LogP contribution in [0.4, 0.5) is 0 Å². The van der Waals surface area contributed by atoms with Crippen molar-refractivity contribution >= 4 is 17.7 Å². The summed E-state index contributed by atoms with van der Waals surface area (Å²) in [6.45, 7) is 3.65. The number of hydrogen-bond donors (Lipinski definition) is 0. The van der Waals surface area contributed by atoms with Gasteiger partial charge in [-0.15, -0.1) is 10.2 Å². The van der Waals surface area contributed by atoms with Gasteiger partial charge in [0.15, 0.2) is 5.16 Å². The molecule has 128 valence electrons. The summed E-state index contributed by atoms with van der Waals surface area (Å²) in [5.41, 5.74) is 1.40. The predicted octanol–water partition coefficient (Wildman–Crippen LogP) is 3.09. The van der Waals surface area contributed by atoms with Gasteiger partial charge in [0, 0.05) is 20.1 Å². The second-order valence-corrected chi connectivity index (χ2v) is 7.66. The summed E-state index contributed by atoms with van der Waals surface area (Å²) in [4.78, 5) is 14.8. The molecule has 5 nitrogen and oxygen atoms in total. The topological polar surface area (TPSA) is 51.0 Å². The van der Waals surface area contributed by atoms with Gasteiger partial charge in [-0.1, -0.05) is 42.1 Å². The van der Waals surface area contributed by atoms with E-state index in [2.05, 4.69) is 40.5 Å². The number of aromatic nitrogens is 3. The fourth-order valence-corrected chi connectivity index (χ4v) is 4.09. The fourth-order valence-electron chi connectivity index (χ4n) is 3.22. The summed E-state index contributed by atoms with van der Waals surface area (Å²) in [7, 11) is 1.90. The number of amides is 1. The van der Waals surface area contributed by atoms with Crippen molar-refractivity contribution in [3.8, 4) is 0 Å². The van der Waals surface area contributed by atoms with E-state index in [1.807, 2.05) is 23.4 Å². The van der Waals surface area contributed by atoms with Gasteiger partial charge < -0.3 is 9.47 Å². The molecular weight excluding hydrogens is 320 g/mol. The molecule has 3 rings (SSSR count). The average molecular weight is 344 g/mol. The lowest BCUT2D eigenvalue weighted by Crippen LogP contribution is -2.37. The van der Waals surface area contributed by atoms with E-state index in [4.69, 9.17) is 0 Å². The van der Waals surface area contributed by atoms with Crippen LogP contribution < -0.4 is 0 Å². The molecule has 2 aromatic rings. The molecule has 0 N–H and O–H groups in total. The lowest BCUT2D eigenvalue weighted by atomic mass is 9.92. The summed E-state index contributed by atoms with van der Waals surface area (Å²) in [5, 5.41) is 8.58. The Morgan fingerprint density at radius 2 is 2.04 bits per heavy atom. The van der Waals surface area contributed by atoms with Crippen LogP contribution in [0.2, 0.25) is 0 Å². The molecule has 0 unspecified atom stereocenters. The maximum atomic E-state index is 12.8. The van der Waals surface area contributed by atoms with E-state index < -0.39 is 0 Å². The quantitative estimate of drug-likeness (QED) is 0.800. The third kappa shape index (κ3) is 3.98. The number of carbonyl (C=O) groups is 1. The van der Waals surface area contributed by atoms with Crippen LogP contribution in [0, 0.1) is 0 Å². The van der Waals surface area contributed by atoms with E-state index >= 15 is 0 Å². The number of aryl methyl sites for hydroxylation is 1. The Bertz CT molecular complexity index is 673. The third-order valence-corrected chi connectivity index (χ3v) is 5.75. The van der Waals surface area contributed by atoms with E-state index in [9.17, 15) is 4.79 Å². The largest absolute Gasteiger partial charge is 0.342 e. The Labute approximate surface area is 147 Å². The van der Waals surface area contributed by atoms with Gasteiger partial charge in [-0.25, -0.2) is 0 Å². The molecule has 0 bridgehead atoms. The molecule has 24 heavy (non-hydrogen) atoms. The van der Waals surface area contributed by atoms with E-state index in [1.165, 1.54) is 17.3 Å². The highest BCUT2D eigenvalue weighted by molar-refractivity contribution is 8.00. The monoisotopic (exact) mass is 344 g/mol. The van der Waals surface area contributed by atoms with Crippen molar-refractivity contribution in [2.75, 3.05) is 13.1 Å². The number of nitrogens with zero attached hydrogens (tertiary/aromatic N) is 4. The van der Waals surface area contributed by atoms with Gasteiger partial charge in [0.1, 0.15) is 6.33 Å². The first-order valence-electron chi connectivity index (χ1n) is 8.49. The summed E-state index contributed by atoms with van der Waals surface area (Å²) in [6, 6.07) is 10.7. The molecule has 1 aromatic carbocycles. The molecule has 1 aliphatic rings. The minimum Gasteiger partial charge on any atom is -0.342 e. The van der Waals surface area contributed by atoms with Gasteiger partial charge in [-0.2, -0.15) is 0 Å². The molecule has 6 heteroatoms. The summed E-state index contributed by atoms with van der Waals surface area (Å²) in [5.74, 6) is 0.766. The number of likely N-dealkylation sites (tertiary alicyclic amines) is 1. The average Bonchev–Trinajstić information content (AvgIpc) is 2.87. The molecule has 0 spiro atoms. The van der Waals surface area contributed by atoms with Crippen molar-refractivity contribution in [3.05, 3.63) is 42.2 Å². The van der Waals surface area contributed by atoms with Gasteiger partial charge in [0.2, 0.25) is 5.91 Å². The maximum Gasteiger partial charge on any atom is 0.235 e. The first kappa shape index (κ1) is 17.0. The number of hydrogen-bond acceptors (Lipinski definition) is 4. The molecule has 1 aromatic heterocycles. The molecule has 0 saturated carbocycles. The molecule has 1 aliphatic heterocycles. The summed E-state index contributed by atoms with van der Waals surface area (Å²) >= 11 is 1.48. The highest BCUT2D eigenvalue weighted by Crippen LogP contribution is 2.29. The van der Waals surface area contributed by atoms with Crippen LogP contribution in [0.15, 0.2) is 41.8 Å². The van der Waals surface area contributed by atoms with Crippen molar-refractivity contribution in [2.24, 2.45) is 7.05 Å². The van der Waals surface area contributed by atoms with Gasteiger partial charge in [0.05, 0.1) is 5.25 Å². The molecule has 2 heterocycles. The van der Waals surface area contributed by atoms with E-state index in [-0.39, 0.29) is 11.2 Å². The Hall–Kier alpha value is -1.82. The Morgan fingerprint density at radius 1 is 1.25 bits per heavy atom. The normalized spacial score (nSPS) is 19.8. The van der Waals surface area contributed by atoms with Gasteiger partial charge in [-0.05, 0) is 37.7 Å². The van der Waals surface area contributed by atoms with E-state index in [0.29, 0.717) is 5.92 Å². The first-order chi connectivity index (χ1) is 11.6. The van der Waals surface area contributed by atoms with Crippen LogP contribution >= 0.6 is 11.8 Å². The second-order valence-electron chi connectivity index (χ2n) is 6.35. The molecule has 1 amide bonds. The Balaban J connectivity index is 1.59. The maximum absolute atomic E-state index is 12.8. The van der Waals surface area contributed by atoms with Crippen molar-refractivity contribution in [1.29, 1.82) is 0 Å². The Morgan fingerprint density at radius 3 is 2.75 bits per heavy atom. The third-order valence-electron chi connectivity index (χ3n) is 4.61. The smallest absolute Gasteiger partial charge is 0.235 e. The molecule has 2 atom stereocenters. The molecule has 1 saturated heterocycles. The van der Waals surface area contributed by atoms with Crippen LogP contribution in [0.3, 0.4) is 0 Å². The van der Waals surface area contributed by atoms with Crippen molar-refractivity contribution in [3.63, 3.8) is 0 Å². The first-order valence-corrected chi connectivity index (χ1v) is 9.37. The van der Waals surface area contributed by atoms with E-state index in [0.717, 1.165) is 37.5 Å². The van der Waals surface area contributed by atoms with Crippen molar-refractivity contribution in [1.82, 2.24) is 19.7 Å². The lowest BCUT2D eigenvalue weighted by molar-refractivity contribution is -0.130. The lowest BCUT2D eigenvalue weighted by Gasteiger charge is -2.24. The summed E-state index contributed by atoms with van der Waals surface area (Å²) in [6.07, 6.45) is 4.91. The number of carbonyl (C=O) groups excluding carboxylic acids is 1. The molecule has 1 fully saturated rings. The SMILES string of the molecule is C[C@@H](Sc1nncn1C)C(=O)N1CCC[C@H](c2ccccc2)CC1. The van der Waals surface area contributed by atoms with Gasteiger partial charge in [-0.3, -0.25) is 4.79 Å². The van der Waals surface area contributed by atoms with Gasteiger partial charge >= 0.3 is 0 Å². The minimum atomic E-state index is -0.138. The van der Waals surface area contributed by atoms with Gasteiger partial charge in [0.25, 0.3) is 0 Å².